The second-order valence-corrected chi connectivity index (χ2v) is 5.87. The van der Waals surface area contributed by atoms with Crippen LogP contribution in [0.3, 0.4) is 0 Å². The van der Waals surface area contributed by atoms with E-state index in [0.29, 0.717) is 16.1 Å². The van der Waals surface area contributed by atoms with Crippen molar-refractivity contribution in [2.24, 2.45) is 5.92 Å². The molecule has 2 rings (SSSR count). The van der Waals surface area contributed by atoms with Crippen molar-refractivity contribution in [3.63, 3.8) is 0 Å². The fraction of sp³-hybridized carbons (Fsp3) is 0.500. The third kappa shape index (κ3) is 3.07. The van der Waals surface area contributed by atoms with Crippen molar-refractivity contribution >= 4 is 27.5 Å². The quantitative estimate of drug-likeness (QED) is 0.861. The molecule has 0 spiro atoms. The van der Waals surface area contributed by atoms with E-state index in [9.17, 15) is 9.59 Å². The van der Waals surface area contributed by atoms with Gasteiger partial charge in [-0.05, 0) is 36.6 Å². The topological polar surface area (TPSA) is 72.0 Å². The molecule has 0 unspecified atom stereocenters. The van der Waals surface area contributed by atoms with Crippen LogP contribution in [0.1, 0.15) is 43.4 Å². The molecule has 0 aliphatic rings. The van der Waals surface area contributed by atoms with Gasteiger partial charge in [0.1, 0.15) is 4.83 Å². The number of rotatable bonds is 5. The summed E-state index contributed by atoms with van der Waals surface area (Å²) in [5.74, 6) is -0.0407. The van der Waals surface area contributed by atoms with Gasteiger partial charge in [0.15, 0.2) is 0 Å². The second kappa shape index (κ2) is 6.17. The standard InChI is InChI=1S/C14H18N2O3S/c1-4-19-14(18)11-15-12(17)10-9(6-5-8(2)3)7-20-13(10)16-11/h7-8H,4-6H2,1-3H3,(H,15,16,17). The molecule has 0 atom stereocenters. The number of thiophene rings is 1. The molecule has 1 N–H and O–H groups in total. The first kappa shape index (κ1) is 14.7. The molecule has 2 aromatic rings. The van der Waals surface area contributed by atoms with Gasteiger partial charge in [-0.1, -0.05) is 13.8 Å². The number of carbonyl (C=O) groups is 1. The van der Waals surface area contributed by atoms with Gasteiger partial charge in [-0.2, -0.15) is 0 Å². The maximum atomic E-state index is 12.1. The van der Waals surface area contributed by atoms with E-state index in [2.05, 4.69) is 23.8 Å². The van der Waals surface area contributed by atoms with E-state index in [-0.39, 0.29) is 18.0 Å². The molecular weight excluding hydrogens is 276 g/mol. The van der Waals surface area contributed by atoms with Crippen LogP contribution in [-0.4, -0.2) is 22.5 Å². The van der Waals surface area contributed by atoms with Crippen molar-refractivity contribution in [1.29, 1.82) is 0 Å². The number of hydrogen-bond donors (Lipinski definition) is 1. The summed E-state index contributed by atoms with van der Waals surface area (Å²) in [4.78, 5) is 31.0. The average Bonchev–Trinajstić information content (AvgIpc) is 2.80. The predicted molar refractivity (Wildman–Crippen MR) is 79.4 cm³/mol. The van der Waals surface area contributed by atoms with Crippen LogP contribution in [0, 0.1) is 5.92 Å². The summed E-state index contributed by atoms with van der Waals surface area (Å²) in [5, 5.41) is 2.55. The van der Waals surface area contributed by atoms with Gasteiger partial charge in [0.05, 0.1) is 12.0 Å². The molecule has 0 aromatic carbocycles. The smallest absolute Gasteiger partial charge is 0.374 e. The van der Waals surface area contributed by atoms with Gasteiger partial charge in [-0.15, -0.1) is 11.3 Å². The third-order valence-electron chi connectivity index (χ3n) is 2.98. The Bertz CT molecular complexity index is 673. The first-order valence-electron chi connectivity index (χ1n) is 6.70. The van der Waals surface area contributed by atoms with Crippen LogP contribution in [0.5, 0.6) is 0 Å². The summed E-state index contributed by atoms with van der Waals surface area (Å²) in [6, 6.07) is 0. The number of nitrogens with zero attached hydrogens (tertiary/aromatic N) is 1. The first-order chi connectivity index (χ1) is 9.52. The van der Waals surface area contributed by atoms with E-state index in [4.69, 9.17) is 4.74 Å². The van der Waals surface area contributed by atoms with Crippen molar-refractivity contribution in [2.45, 2.75) is 33.6 Å². The number of esters is 1. The highest BCUT2D eigenvalue weighted by Crippen LogP contribution is 2.23. The summed E-state index contributed by atoms with van der Waals surface area (Å²) in [7, 11) is 0. The third-order valence-corrected chi connectivity index (χ3v) is 3.90. The molecule has 0 saturated carbocycles. The first-order valence-corrected chi connectivity index (χ1v) is 7.58. The van der Waals surface area contributed by atoms with Crippen LogP contribution < -0.4 is 5.56 Å². The van der Waals surface area contributed by atoms with Crippen LogP contribution in [-0.2, 0) is 11.2 Å². The predicted octanol–water partition coefficient (Wildman–Crippen LogP) is 2.75. The van der Waals surface area contributed by atoms with Gasteiger partial charge in [0.2, 0.25) is 5.82 Å². The monoisotopic (exact) mass is 294 g/mol. The molecule has 0 fully saturated rings. The molecule has 0 radical (unpaired) electrons. The van der Waals surface area contributed by atoms with Crippen molar-refractivity contribution in [1.82, 2.24) is 9.97 Å². The lowest BCUT2D eigenvalue weighted by Gasteiger charge is -2.03. The Morgan fingerprint density at radius 1 is 1.50 bits per heavy atom. The molecule has 5 nitrogen and oxygen atoms in total. The summed E-state index contributed by atoms with van der Waals surface area (Å²) in [5.41, 5.74) is 0.737. The van der Waals surface area contributed by atoms with Gasteiger partial charge in [-0.25, -0.2) is 9.78 Å². The molecule has 2 aromatic heterocycles. The Morgan fingerprint density at radius 3 is 2.90 bits per heavy atom. The van der Waals surface area contributed by atoms with Gasteiger partial charge >= 0.3 is 5.97 Å². The number of fused-ring (bicyclic) bond motifs is 1. The van der Waals surface area contributed by atoms with Crippen molar-refractivity contribution in [3.8, 4) is 0 Å². The fourth-order valence-electron chi connectivity index (χ4n) is 1.93. The Morgan fingerprint density at radius 2 is 2.25 bits per heavy atom. The lowest BCUT2D eigenvalue weighted by atomic mass is 10.0. The number of carbonyl (C=O) groups excluding carboxylic acids is 1. The Labute approximate surface area is 121 Å². The van der Waals surface area contributed by atoms with E-state index in [1.165, 1.54) is 11.3 Å². The largest absolute Gasteiger partial charge is 0.460 e. The minimum atomic E-state index is -0.594. The summed E-state index contributed by atoms with van der Waals surface area (Å²) in [6.07, 6.45) is 1.87. The number of H-pyrrole nitrogens is 1. The molecule has 108 valence electrons. The second-order valence-electron chi connectivity index (χ2n) is 5.01. The number of aryl methyl sites for hydroxylation is 1. The number of aromatic nitrogens is 2. The van der Waals surface area contributed by atoms with Gasteiger partial charge in [-0.3, -0.25) is 4.79 Å². The molecular formula is C14H18N2O3S. The van der Waals surface area contributed by atoms with E-state index in [1.54, 1.807) is 6.92 Å². The molecule has 0 bridgehead atoms. The van der Waals surface area contributed by atoms with E-state index in [1.807, 2.05) is 5.38 Å². The highest BCUT2D eigenvalue weighted by atomic mass is 32.1. The number of aromatic amines is 1. The van der Waals surface area contributed by atoms with Crippen LogP contribution in [0.4, 0.5) is 0 Å². The summed E-state index contributed by atoms with van der Waals surface area (Å²) < 4.78 is 4.85. The minimum Gasteiger partial charge on any atom is -0.460 e. The highest BCUT2D eigenvalue weighted by Gasteiger charge is 2.16. The van der Waals surface area contributed by atoms with Crippen molar-refractivity contribution in [2.75, 3.05) is 6.61 Å². The zero-order chi connectivity index (χ0) is 14.7. The Balaban J connectivity index is 2.38. The van der Waals surface area contributed by atoms with Crippen LogP contribution >= 0.6 is 11.3 Å². The zero-order valence-corrected chi connectivity index (χ0v) is 12.7. The maximum absolute atomic E-state index is 12.1. The van der Waals surface area contributed by atoms with Crippen LogP contribution in [0.25, 0.3) is 10.2 Å². The van der Waals surface area contributed by atoms with Crippen LogP contribution in [0.15, 0.2) is 10.2 Å². The van der Waals surface area contributed by atoms with E-state index < -0.39 is 5.97 Å². The molecule has 0 aliphatic heterocycles. The zero-order valence-electron chi connectivity index (χ0n) is 11.9. The summed E-state index contributed by atoms with van der Waals surface area (Å²) >= 11 is 1.39. The SMILES string of the molecule is CCOC(=O)c1nc2scc(CCC(C)C)c2c(=O)[nH]1. The molecule has 20 heavy (non-hydrogen) atoms. The Kier molecular flexibility index (Phi) is 4.54. The van der Waals surface area contributed by atoms with E-state index in [0.717, 1.165) is 18.4 Å². The minimum absolute atomic E-state index is 0.0263. The van der Waals surface area contributed by atoms with Gasteiger partial charge in [0.25, 0.3) is 5.56 Å². The van der Waals surface area contributed by atoms with Crippen molar-refractivity contribution < 1.29 is 9.53 Å². The number of hydrogen-bond acceptors (Lipinski definition) is 5. The normalized spacial score (nSPS) is 11.2. The van der Waals surface area contributed by atoms with E-state index >= 15 is 0 Å². The fourth-order valence-corrected chi connectivity index (χ4v) is 2.91. The molecule has 0 amide bonds. The number of ether oxygens (including phenoxy) is 1. The lowest BCUT2D eigenvalue weighted by Crippen LogP contribution is -2.17. The average molecular weight is 294 g/mol. The maximum Gasteiger partial charge on any atom is 0.374 e. The molecule has 6 heteroatoms. The molecule has 0 saturated heterocycles. The number of nitrogens with one attached hydrogen (secondary N) is 1. The lowest BCUT2D eigenvalue weighted by molar-refractivity contribution is 0.0512. The van der Waals surface area contributed by atoms with Crippen molar-refractivity contribution in [3.05, 3.63) is 27.1 Å². The van der Waals surface area contributed by atoms with Gasteiger partial charge < -0.3 is 9.72 Å². The van der Waals surface area contributed by atoms with Crippen LogP contribution in [0.2, 0.25) is 0 Å². The Hall–Kier alpha value is -1.69. The molecule has 2 heterocycles. The molecule has 0 aliphatic carbocycles. The summed E-state index contributed by atoms with van der Waals surface area (Å²) in [6.45, 7) is 6.26. The van der Waals surface area contributed by atoms with Gasteiger partial charge in [0, 0.05) is 0 Å². The highest BCUT2D eigenvalue weighted by molar-refractivity contribution is 7.16.